The second kappa shape index (κ2) is 12.8. The van der Waals surface area contributed by atoms with Gasteiger partial charge in [-0.25, -0.2) is 8.24 Å². The van der Waals surface area contributed by atoms with E-state index in [1.807, 2.05) is 18.2 Å². The van der Waals surface area contributed by atoms with Gasteiger partial charge in [0.05, 0.1) is 0 Å². The Labute approximate surface area is 174 Å². The van der Waals surface area contributed by atoms with Crippen molar-refractivity contribution in [3.05, 3.63) is 46.4 Å². The van der Waals surface area contributed by atoms with Gasteiger partial charge in [0.2, 0.25) is 0 Å². The van der Waals surface area contributed by atoms with E-state index in [9.17, 15) is 0 Å². The summed E-state index contributed by atoms with van der Waals surface area (Å²) in [6.07, 6.45) is 3.50. The monoisotopic (exact) mass is 449 g/mol. The second-order valence-electron chi connectivity index (χ2n) is 9.57. The minimum absolute atomic E-state index is 0. The molecule has 0 aromatic carbocycles. The molecule has 0 aliphatic rings. The van der Waals surface area contributed by atoms with Crippen LogP contribution in [0.15, 0.2) is 30.6 Å². The largest absolute Gasteiger partial charge is 0.689 e. The number of nitrogens with zero attached hydrogens (tertiary/aromatic N) is 3. The molecular formula is C17H40N3Si4V-3. The molecule has 1 rings (SSSR count). The van der Waals surface area contributed by atoms with Gasteiger partial charge >= 0.3 is 0 Å². The first-order chi connectivity index (χ1) is 10.4. The fraction of sp³-hybridized carbons (Fsp3) is 0.647. The van der Waals surface area contributed by atoms with Crippen LogP contribution in [0, 0.1) is 6.55 Å². The van der Waals surface area contributed by atoms with Crippen LogP contribution >= 0.6 is 0 Å². The van der Waals surface area contributed by atoms with Crippen molar-refractivity contribution >= 4 is 32.9 Å². The summed E-state index contributed by atoms with van der Waals surface area (Å²) < 4.78 is 9.53. The molecule has 0 saturated heterocycles. The molecule has 25 heavy (non-hydrogen) atoms. The Morgan fingerprint density at radius 2 is 0.920 bits per heavy atom. The van der Waals surface area contributed by atoms with E-state index >= 15 is 0 Å². The molecule has 1 aromatic rings. The van der Waals surface area contributed by atoms with Gasteiger partial charge in [-0.2, -0.15) is 0 Å². The third-order valence-electron chi connectivity index (χ3n) is 1.88. The molecule has 0 spiro atoms. The van der Waals surface area contributed by atoms with E-state index in [2.05, 4.69) is 83.5 Å². The zero-order valence-corrected chi connectivity index (χ0v) is 23.8. The summed E-state index contributed by atoms with van der Waals surface area (Å²) in [6.45, 7) is 29.0. The molecule has 147 valence electrons. The van der Waals surface area contributed by atoms with Crippen molar-refractivity contribution < 1.29 is 18.6 Å². The first-order valence-electron chi connectivity index (χ1n) is 8.60. The molecule has 3 nitrogen and oxygen atoms in total. The summed E-state index contributed by atoms with van der Waals surface area (Å²) in [4.78, 5) is 3.78. The second-order valence-corrected chi connectivity index (χ2v) is 28.0. The Hall–Kier alpha value is 0.522. The average Bonchev–Trinajstić information content (AvgIpc) is 2.22. The summed E-state index contributed by atoms with van der Waals surface area (Å²) >= 11 is 0. The number of pyridine rings is 1. The summed E-state index contributed by atoms with van der Waals surface area (Å²) in [5.41, 5.74) is 0. The van der Waals surface area contributed by atoms with E-state index in [0.29, 0.717) is 0 Å². The summed E-state index contributed by atoms with van der Waals surface area (Å²) in [7, 11) is -4.74. The summed E-state index contributed by atoms with van der Waals surface area (Å²) in [6, 6.07) is 5.72. The molecule has 8 heteroatoms. The maximum atomic E-state index is 4.82. The standard InChI is InChI=1S/C6H18NSi2.C6H17NSi2.C5H5N.V/c2*1-8(2,3)7-9(4,5)6;1-2-4-6-5-3-1;/h1-6H3;1H2,2-6H3;1-5H;/q-1;-2;;. The number of hydrogen-bond acceptors (Lipinski definition) is 1. The predicted molar refractivity (Wildman–Crippen MR) is 124 cm³/mol. The Morgan fingerprint density at radius 1 is 0.600 bits per heavy atom. The number of rotatable bonds is 4. The van der Waals surface area contributed by atoms with Crippen molar-refractivity contribution in [3.8, 4) is 0 Å². The van der Waals surface area contributed by atoms with Gasteiger partial charge in [0.15, 0.2) is 0 Å². The molecule has 1 heterocycles. The van der Waals surface area contributed by atoms with Gasteiger partial charge in [0, 0.05) is 30.9 Å². The topological polar surface area (TPSA) is 41.1 Å². The molecule has 1 radical (unpaired) electrons. The van der Waals surface area contributed by atoms with Crippen molar-refractivity contribution in [2.24, 2.45) is 0 Å². The van der Waals surface area contributed by atoms with Crippen molar-refractivity contribution in [3.63, 3.8) is 0 Å². The van der Waals surface area contributed by atoms with E-state index in [4.69, 9.17) is 9.30 Å². The van der Waals surface area contributed by atoms with Crippen LogP contribution in [0.25, 0.3) is 9.30 Å². The van der Waals surface area contributed by atoms with Crippen LogP contribution in [0.1, 0.15) is 0 Å². The molecule has 0 bridgehead atoms. The van der Waals surface area contributed by atoms with Crippen molar-refractivity contribution in [1.29, 1.82) is 0 Å². The van der Waals surface area contributed by atoms with Crippen LogP contribution in [0.2, 0.25) is 72.0 Å². The molecule has 0 fully saturated rings. The van der Waals surface area contributed by atoms with Crippen LogP contribution in [0.5, 0.6) is 0 Å². The van der Waals surface area contributed by atoms with E-state index in [0.717, 1.165) is 0 Å². The first-order valence-corrected chi connectivity index (χ1v) is 22.1. The van der Waals surface area contributed by atoms with Gasteiger partial charge in [-0.05, 0) is 12.1 Å². The Morgan fingerprint density at radius 3 is 0.960 bits per heavy atom. The van der Waals surface area contributed by atoms with Crippen LogP contribution in [-0.2, 0) is 18.6 Å². The van der Waals surface area contributed by atoms with Crippen LogP contribution in [0.3, 0.4) is 0 Å². The molecule has 1 aromatic heterocycles. The Kier molecular flexibility index (Phi) is 15.5. The maximum Gasteiger partial charge on any atom is 0.0267 e. The van der Waals surface area contributed by atoms with E-state index in [-0.39, 0.29) is 18.6 Å². The smallest absolute Gasteiger partial charge is 0.0267 e. The average molecular weight is 450 g/mol. The Balaban J connectivity index is -0.000000289. The van der Waals surface area contributed by atoms with Crippen molar-refractivity contribution in [2.75, 3.05) is 0 Å². The van der Waals surface area contributed by atoms with Gasteiger partial charge < -0.3 is 15.8 Å². The van der Waals surface area contributed by atoms with Crippen LogP contribution < -0.4 is 0 Å². The molecule has 0 aliphatic carbocycles. The molecule has 0 amide bonds. The SMILES string of the molecule is C[Si](C)(C)[N-][Si](C)(C)C.[CH2-][Si](C)(C)[N-][Si](C)(C)C.[V].c1ccncc1. The minimum atomic E-state index is -1.36. The van der Waals surface area contributed by atoms with Crippen molar-refractivity contribution in [1.82, 2.24) is 4.98 Å². The van der Waals surface area contributed by atoms with Gasteiger partial charge in [0.25, 0.3) is 0 Å². The molecular weight excluding hydrogens is 409 g/mol. The fourth-order valence-corrected chi connectivity index (χ4v) is 17.5. The van der Waals surface area contributed by atoms with Gasteiger partial charge in [-0.15, -0.1) is 13.1 Å². The fourth-order valence-electron chi connectivity index (χ4n) is 2.23. The minimum Gasteiger partial charge on any atom is -0.689 e. The van der Waals surface area contributed by atoms with Crippen LogP contribution in [-0.4, -0.2) is 37.9 Å². The normalized spacial score (nSPS) is 12.0. The predicted octanol–water partition coefficient (Wildman–Crippen LogP) is 6.88. The molecule has 0 saturated carbocycles. The maximum absolute atomic E-state index is 4.82. The third-order valence-corrected chi connectivity index (χ3v) is 12.3. The van der Waals surface area contributed by atoms with E-state index in [1.165, 1.54) is 0 Å². The van der Waals surface area contributed by atoms with Gasteiger partial charge in [-0.3, -0.25) is 4.98 Å². The zero-order valence-electron chi connectivity index (χ0n) is 18.4. The van der Waals surface area contributed by atoms with E-state index < -0.39 is 32.9 Å². The quantitative estimate of drug-likeness (QED) is 0.365. The molecule has 0 aliphatic heterocycles. The third kappa shape index (κ3) is 36.3. The summed E-state index contributed by atoms with van der Waals surface area (Å²) in [5, 5.41) is 0. The molecule has 0 N–H and O–H groups in total. The molecule has 0 unspecified atom stereocenters. The first kappa shape index (κ1) is 30.3. The zero-order chi connectivity index (χ0) is 19.7. The van der Waals surface area contributed by atoms with Gasteiger partial charge in [-0.1, -0.05) is 89.7 Å². The number of hydrogen-bond donors (Lipinski definition) is 0. The van der Waals surface area contributed by atoms with Gasteiger partial charge in [0.1, 0.15) is 0 Å². The molecule has 0 atom stereocenters. The summed E-state index contributed by atoms with van der Waals surface area (Å²) in [5.74, 6) is 0. The number of aromatic nitrogens is 1. The van der Waals surface area contributed by atoms with E-state index in [1.54, 1.807) is 12.4 Å². The van der Waals surface area contributed by atoms with Crippen LogP contribution in [0.4, 0.5) is 0 Å². The van der Waals surface area contributed by atoms with Crippen molar-refractivity contribution in [2.45, 2.75) is 72.0 Å². The Bertz CT molecular complexity index is 342.